The molecular formula is C28H48O5S. The first-order valence-corrected chi connectivity index (χ1v) is 14.8. The van der Waals surface area contributed by atoms with Crippen molar-refractivity contribution in [3.05, 3.63) is 23.8 Å². The Hall–Kier alpha value is -0.690. The summed E-state index contributed by atoms with van der Waals surface area (Å²) in [4.78, 5) is 0. The second-order valence-corrected chi connectivity index (χ2v) is 13.6. The summed E-state index contributed by atoms with van der Waals surface area (Å²) >= 11 is 0. The monoisotopic (exact) mass is 496 g/mol. The first kappa shape index (κ1) is 27.9. The molecule has 0 aromatic heterocycles. The molecule has 8 atom stereocenters. The topological polar surface area (TPSA) is 94.8 Å². The maximum atomic E-state index is 10.2. The summed E-state index contributed by atoms with van der Waals surface area (Å²) in [6.07, 6.45) is 15.3. The molecular weight excluding hydrogens is 448 g/mol. The summed E-state index contributed by atoms with van der Waals surface area (Å²) in [5.74, 6) is 5.03. The van der Waals surface area contributed by atoms with Crippen LogP contribution < -0.4 is 0 Å². The van der Waals surface area contributed by atoms with Crippen LogP contribution in [0.25, 0.3) is 0 Å². The molecule has 0 spiro atoms. The van der Waals surface area contributed by atoms with Gasteiger partial charge in [0, 0.05) is 0 Å². The molecule has 0 saturated heterocycles. The number of fused-ring (bicyclic) bond motifs is 5. The number of aliphatic hydroxyl groups is 1. The summed E-state index contributed by atoms with van der Waals surface area (Å²) in [6, 6.07) is 0. The molecule has 0 aromatic carbocycles. The highest BCUT2D eigenvalue weighted by atomic mass is 32.3. The van der Waals surface area contributed by atoms with Gasteiger partial charge in [-0.25, -0.2) is 0 Å². The van der Waals surface area contributed by atoms with Gasteiger partial charge in [0.05, 0.1) is 6.10 Å². The molecule has 0 aliphatic heterocycles. The average Bonchev–Trinajstić information content (AvgIpc) is 3.08. The van der Waals surface area contributed by atoms with E-state index in [1.54, 1.807) is 5.57 Å². The van der Waals surface area contributed by atoms with Crippen LogP contribution in [0.15, 0.2) is 23.8 Å². The fourth-order valence-electron chi connectivity index (χ4n) is 8.52. The van der Waals surface area contributed by atoms with Crippen molar-refractivity contribution in [2.45, 2.75) is 105 Å². The third kappa shape index (κ3) is 5.82. The highest BCUT2D eigenvalue weighted by Gasteiger charge is 2.59. The van der Waals surface area contributed by atoms with E-state index in [1.807, 2.05) is 0 Å². The molecule has 6 heteroatoms. The van der Waals surface area contributed by atoms with Gasteiger partial charge < -0.3 is 5.11 Å². The number of allylic oxidation sites excluding steroid dienone is 2. The van der Waals surface area contributed by atoms with Crippen molar-refractivity contribution in [2.75, 3.05) is 0 Å². The molecule has 3 N–H and O–H groups in total. The van der Waals surface area contributed by atoms with Gasteiger partial charge in [-0.1, -0.05) is 58.4 Å². The lowest BCUT2D eigenvalue weighted by atomic mass is 9.47. The van der Waals surface area contributed by atoms with Crippen molar-refractivity contribution in [3.63, 3.8) is 0 Å². The van der Waals surface area contributed by atoms with E-state index in [2.05, 4.69) is 47.3 Å². The summed E-state index contributed by atoms with van der Waals surface area (Å²) in [5.41, 5.74) is 3.98. The van der Waals surface area contributed by atoms with Crippen molar-refractivity contribution in [2.24, 2.45) is 46.3 Å². The molecule has 0 amide bonds. The van der Waals surface area contributed by atoms with Crippen molar-refractivity contribution in [1.29, 1.82) is 0 Å². The first-order chi connectivity index (χ1) is 15.7. The van der Waals surface area contributed by atoms with Crippen molar-refractivity contribution >= 4 is 10.4 Å². The number of rotatable bonds is 5. The molecule has 4 rings (SSSR count). The van der Waals surface area contributed by atoms with Crippen LogP contribution in [-0.4, -0.2) is 28.7 Å². The van der Waals surface area contributed by atoms with Gasteiger partial charge in [-0.15, -0.1) is 0 Å². The van der Waals surface area contributed by atoms with Crippen LogP contribution >= 0.6 is 0 Å². The fourth-order valence-corrected chi connectivity index (χ4v) is 8.52. The Morgan fingerprint density at radius 2 is 1.74 bits per heavy atom. The highest BCUT2D eigenvalue weighted by molar-refractivity contribution is 7.79. The van der Waals surface area contributed by atoms with Gasteiger partial charge in [0.1, 0.15) is 0 Å². The largest absolute Gasteiger partial charge is 0.394 e. The van der Waals surface area contributed by atoms with E-state index < -0.39 is 10.4 Å². The van der Waals surface area contributed by atoms with Gasteiger partial charge in [0.15, 0.2) is 0 Å². The molecule has 0 radical (unpaired) electrons. The van der Waals surface area contributed by atoms with Crippen LogP contribution in [0.1, 0.15) is 98.8 Å². The maximum absolute atomic E-state index is 10.2. The van der Waals surface area contributed by atoms with Gasteiger partial charge in [-0.2, -0.15) is 8.42 Å². The molecule has 3 saturated carbocycles. The van der Waals surface area contributed by atoms with E-state index in [1.165, 1.54) is 56.9 Å². The van der Waals surface area contributed by atoms with Crippen LogP contribution in [0.5, 0.6) is 0 Å². The van der Waals surface area contributed by atoms with E-state index in [4.69, 9.17) is 17.5 Å². The SMILES string of the molecule is C=C(CC[C@@H](C)[C@H]1CC[C@H]2[C@@H]3CC=C4C[C@@H](O)CC[C@]4(C)[C@H]3CC[C@]12C)C(C)C.O=S(=O)(O)O. The van der Waals surface area contributed by atoms with E-state index in [0.717, 1.165) is 42.4 Å². The average molecular weight is 497 g/mol. The summed E-state index contributed by atoms with van der Waals surface area (Å²) in [7, 11) is -4.67. The van der Waals surface area contributed by atoms with Crippen molar-refractivity contribution in [1.82, 2.24) is 0 Å². The summed E-state index contributed by atoms with van der Waals surface area (Å²) in [5, 5.41) is 10.2. The van der Waals surface area contributed by atoms with E-state index in [-0.39, 0.29) is 6.10 Å². The Balaban J connectivity index is 0.000000588. The molecule has 0 aromatic rings. The standard InChI is InChI=1S/C28H46O.H2O4S/c1-18(2)19(3)7-8-20(4)24-11-12-25-23-10-9-21-17-22(29)13-15-27(21,5)26(23)14-16-28(24,25)6;1-5(2,3)4/h9,18,20,22-26,29H,3,7-8,10-17H2,1-2,4-6H3;(H2,1,2,3,4)/t20-,22+,23+,24-,25+,26+,27+,28-;/m1./s1. The molecule has 196 valence electrons. The van der Waals surface area contributed by atoms with Crippen LogP contribution in [0.2, 0.25) is 0 Å². The Kier molecular flexibility index (Phi) is 8.49. The molecule has 3 fully saturated rings. The number of hydrogen-bond donors (Lipinski definition) is 3. The number of aliphatic hydroxyl groups excluding tert-OH is 1. The van der Waals surface area contributed by atoms with Gasteiger partial charge >= 0.3 is 10.4 Å². The van der Waals surface area contributed by atoms with Crippen LogP contribution in [-0.2, 0) is 10.4 Å². The Bertz CT molecular complexity index is 869. The molecule has 5 nitrogen and oxygen atoms in total. The highest BCUT2D eigenvalue weighted by Crippen LogP contribution is 2.67. The zero-order chi connectivity index (χ0) is 25.5. The van der Waals surface area contributed by atoms with Gasteiger partial charge in [-0.3, -0.25) is 9.11 Å². The minimum Gasteiger partial charge on any atom is -0.393 e. The normalized spacial score (nSPS) is 40.3. The minimum absolute atomic E-state index is 0.0861. The third-order valence-corrected chi connectivity index (χ3v) is 10.6. The summed E-state index contributed by atoms with van der Waals surface area (Å²) < 4.78 is 31.6. The van der Waals surface area contributed by atoms with Crippen LogP contribution in [0.3, 0.4) is 0 Å². The van der Waals surface area contributed by atoms with Gasteiger partial charge in [0.25, 0.3) is 0 Å². The third-order valence-electron chi connectivity index (χ3n) is 10.6. The quantitative estimate of drug-likeness (QED) is 0.284. The molecule has 4 aliphatic rings. The maximum Gasteiger partial charge on any atom is 0.394 e. The van der Waals surface area contributed by atoms with Crippen LogP contribution in [0.4, 0.5) is 0 Å². The van der Waals surface area contributed by atoms with Gasteiger partial charge in [0.2, 0.25) is 0 Å². The van der Waals surface area contributed by atoms with E-state index in [9.17, 15) is 5.11 Å². The molecule has 0 heterocycles. The first-order valence-electron chi connectivity index (χ1n) is 13.4. The predicted octanol–water partition coefficient (Wildman–Crippen LogP) is 6.90. The second kappa shape index (κ2) is 10.4. The molecule has 34 heavy (non-hydrogen) atoms. The smallest absolute Gasteiger partial charge is 0.393 e. The van der Waals surface area contributed by atoms with E-state index >= 15 is 0 Å². The van der Waals surface area contributed by atoms with Crippen LogP contribution in [0, 0.1) is 46.3 Å². The Morgan fingerprint density at radius 1 is 1.09 bits per heavy atom. The molecule has 0 unspecified atom stereocenters. The minimum atomic E-state index is -4.67. The van der Waals surface area contributed by atoms with Crippen molar-refractivity contribution < 1.29 is 22.6 Å². The second-order valence-electron chi connectivity index (χ2n) is 12.7. The van der Waals surface area contributed by atoms with Crippen molar-refractivity contribution in [3.8, 4) is 0 Å². The zero-order valence-corrected chi connectivity index (χ0v) is 22.8. The Morgan fingerprint density at radius 3 is 2.35 bits per heavy atom. The fraction of sp³-hybridized carbons (Fsp3) is 0.857. The predicted molar refractivity (Wildman–Crippen MR) is 138 cm³/mol. The lowest BCUT2D eigenvalue weighted by Gasteiger charge is -2.58. The van der Waals surface area contributed by atoms with Gasteiger partial charge in [-0.05, 0) is 111 Å². The lowest BCUT2D eigenvalue weighted by Crippen LogP contribution is -2.50. The molecule has 4 aliphatic carbocycles. The number of hydrogen-bond acceptors (Lipinski definition) is 3. The zero-order valence-electron chi connectivity index (χ0n) is 22.0. The summed E-state index contributed by atoms with van der Waals surface area (Å²) in [6.45, 7) is 16.7. The molecule has 0 bridgehead atoms. The lowest BCUT2D eigenvalue weighted by molar-refractivity contribution is -0.0571. The van der Waals surface area contributed by atoms with E-state index in [0.29, 0.717) is 16.7 Å². The Labute approximate surface area is 208 Å².